The molecule has 0 aliphatic heterocycles. The van der Waals surface area contributed by atoms with Gasteiger partial charge in [-0.25, -0.2) is 9.97 Å². The highest BCUT2D eigenvalue weighted by Crippen LogP contribution is 2.22. The van der Waals surface area contributed by atoms with Crippen molar-refractivity contribution in [3.63, 3.8) is 0 Å². The van der Waals surface area contributed by atoms with Crippen molar-refractivity contribution >= 4 is 44.8 Å². The highest BCUT2D eigenvalue weighted by Gasteiger charge is 2.06. The summed E-state index contributed by atoms with van der Waals surface area (Å²) in [6.07, 6.45) is 3.52. The molecule has 2 heterocycles. The van der Waals surface area contributed by atoms with E-state index in [1.807, 2.05) is 11.9 Å². The maximum atomic E-state index is 5.69. The maximum Gasteiger partial charge on any atom is 0.225 e. The fourth-order valence-corrected chi connectivity index (χ4v) is 2.73. The van der Waals surface area contributed by atoms with Gasteiger partial charge in [-0.3, -0.25) is 0 Å². The van der Waals surface area contributed by atoms with Gasteiger partial charge in [0.1, 0.15) is 0 Å². The molecule has 6 heteroatoms. The highest BCUT2D eigenvalue weighted by molar-refractivity contribution is 9.11. The number of hydrogen-bond acceptors (Lipinski definition) is 4. The van der Waals surface area contributed by atoms with Gasteiger partial charge in [-0.2, -0.15) is 0 Å². The number of thiophene rings is 1. The summed E-state index contributed by atoms with van der Waals surface area (Å²) < 4.78 is 1.14. The van der Waals surface area contributed by atoms with E-state index in [4.69, 9.17) is 11.6 Å². The Hall–Kier alpha value is -0.650. The first kappa shape index (κ1) is 12.8. The molecule has 17 heavy (non-hydrogen) atoms. The van der Waals surface area contributed by atoms with Crippen molar-refractivity contribution in [3.05, 3.63) is 38.8 Å². The average molecular weight is 333 g/mol. The summed E-state index contributed by atoms with van der Waals surface area (Å²) >= 11 is 10.8. The molecule has 3 nitrogen and oxygen atoms in total. The summed E-state index contributed by atoms with van der Waals surface area (Å²) in [5.74, 6) is 1.16. The fourth-order valence-electron chi connectivity index (χ4n) is 1.39. The first-order chi connectivity index (χ1) is 8.19. The number of nitrogens with zero attached hydrogens (tertiary/aromatic N) is 3. The molecule has 0 radical (unpaired) electrons. The minimum absolute atomic E-state index is 0.446. The second-order valence-electron chi connectivity index (χ2n) is 3.64. The number of alkyl halides is 1. The largest absolute Gasteiger partial charge is 0.340 e. The molecule has 0 bridgehead atoms. The molecular formula is C11H11BrClN3S. The van der Waals surface area contributed by atoms with E-state index in [1.54, 1.807) is 23.7 Å². The molecule has 0 unspecified atom stereocenters. The summed E-state index contributed by atoms with van der Waals surface area (Å²) in [4.78, 5) is 10.6. The molecule has 2 aromatic heterocycles. The van der Waals surface area contributed by atoms with Crippen molar-refractivity contribution in [2.75, 3.05) is 11.9 Å². The summed E-state index contributed by atoms with van der Waals surface area (Å²) in [6, 6.07) is 2.11. The molecule has 0 spiro atoms. The number of anilines is 1. The van der Waals surface area contributed by atoms with Crippen LogP contribution in [0.25, 0.3) is 0 Å². The number of rotatable bonds is 4. The molecule has 2 rings (SSSR count). The van der Waals surface area contributed by atoms with Crippen molar-refractivity contribution in [2.24, 2.45) is 0 Å². The molecule has 0 amide bonds. The minimum Gasteiger partial charge on any atom is -0.340 e. The van der Waals surface area contributed by atoms with E-state index < -0.39 is 0 Å². The maximum absolute atomic E-state index is 5.69. The predicted octanol–water partition coefficient (Wildman–Crippen LogP) is 3.68. The smallest absolute Gasteiger partial charge is 0.225 e. The predicted molar refractivity (Wildman–Crippen MR) is 75.7 cm³/mol. The second-order valence-corrected chi connectivity index (χ2v) is 6.20. The lowest BCUT2D eigenvalue weighted by Gasteiger charge is -2.15. The third-order valence-electron chi connectivity index (χ3n) is 2.23. The van der Waals surface area contributed by atoms with Gasteiger partial charge in [0.15, 0.2) is 0 Å². The average Bonchev–Trinajstić information content (AvgIpc) is 2.75. The zero-order valence-electron chi connectivity index (χ0n) is 9.23. The summed E-state index contributed by atoms with van der Waals surface area (Å²) in [5.41, 5.74) is 2.18. The van der Waals surface area contributed by atoms with E-state index in [2.05, 4.69) is 37.3 Å². The molecule has 0 atom stereocenters. The normalized spacial score (nSPS) is 10.5. The van der Waals surface area contributed by atoms with Gasteiger partial charge in [-0.15, -0.1) is 22.9 Å². The Bertz CT molecular complexity index is 486. The Morgan fingerprint density at radius 3 is 2.59 bits per heavy atom. The molecule has 0 aliphatic rings. The van der Waals surface area contributed by atoms with Crippen LogP contribution in [0.5, 0.6) is 0 Å². The lowest BCUT2D eigenvalue weighted by Crippen LogP contribution is -2.18. The van der Waals surface area contributed by atoms with Crippen molar-refractivity contribution in [1.82, 2.24) is 9.97 Å². The molecule has 0 fully saturated rings. The van der Waals surface area contributed by atoms with Gasteiger partial charge in [-0.05, 0) is 32.9 Å². The molecule has 0 N–H and O–H groups in total. The van der Waals surface area contributed by atoms with E-state index >= 15 is 0 Å². The zero-order chi connectivity index (χ0) is 12.3. The highest BCUT2D eigenvalue weighted by atomic mass is 79.9. The standard InChI is InChI=1S/C11H11BrClN3S/c1-16(6-8-2-10(12)17-7-8)11-14-4-9(3-13)5-15-11/h2,4-5,7H,3,6H2,1H3. The molecule has 2 aromatic rings. The molecule has 0 aliphatic carbocycles. The van der Waals surface area contributed by atoms with Crippen molar-refractivity contribution in [2.45, 2.75) is 12.4 Å². The van der Waals surface area contributed by atoms with Crippen molar-refractivity contribution in [3.8, 4) is 0 Å². The van der Waals surface area contributed by atoms with Crippen LogP contribution >= 0.6 is 38.9 Å². The van der Waals surface area contributed by atoms with Gasteiger partial charge >= 0.3 is 0 Å². The molecule has 0 saturated heterocycles. The first-order valence-corrected chi connectivity index (χ1v) is 7.20. The van der Waals surface area contributed by atoms with Gasteiger partial charge in [0.25, 0.3) is 0 Å². The van der Waals surface area contributed by atoms with E-state index in [0.717, 1.165) is 15.9 Å². The molecular weight excluding hydrogens is 322 g/mol. The van der Waals surface area contributed by atoms with E-state index in [9.17, 15) is 0 Å². The Morgan fingerprint density at radius 2 is 2.06 bits per heavy atom. The van der Waals surface area contributed by atoms with Gasteiger partial charge in [-0.1, -0.05) is 0 Å². The third kappa shape index (κ3) is 3.40. The summed E-state index contributed by atoms with van der Waals surface area (Å²) in [5, 5.41) is 2.12. The topological polar surface area (TPSA) is 29.0 Å². The monoisotopic (exact) mass is 331 g/mol. The number of aromatic nitrogens is 2. The van der Waals surface area contributed by atoms with Crippen LogP contribution in [-0.4, -0.2) is 17.0 Å². The quantitative estimate of drug-likeness (QED) is 0.800. The van der Waals surface area contributed by atoms with Gasteiger partial charge in [0, 0.05) is 31.5 Å². The Kier molecular flexibility index (Phi) is 4.36. The second kappa shape index (κ2) is 5.80. The third-order valence-corrected chi connectivity index (χ3v) is 4.09. The molecule has 0 aromatic carbocycles. The number of hydrogen-bond donors (Lipinski definition) is 0. The summed E-state index contributed by atoms with van der Waals surface area (Å²) in [7, 11) is 1.97. The SMILES string of the molecule is CN(Cc1csc(Br)c1)c1ncc(CCl)cn1. The van der Waals surface area contributed by atoms with Gasteiger partial charge in [0.2, 0.25) is 5.95 Å². The van der Waals surface area contributed by atoms with Crippen LogP contribution in [0.2, 0.25) is 0 Å². The van der Waals surface area contributed by atoms with E-state index in [1.165, 1.54) is 5.56 Å². The van der Waals surface area contributed by atoms with E-state index in [-0.39, 0.29) is 0 Å². The van der Waals surface area contributed by atoms with Crippen LogP contribution < -0.4 is 4.90 Å². The van der Waals surface area contributed by atoms with Gasteiger partial charge < -0.3 is 4.90 Å². The van der Waals surface area contributed by atoms with Crippen molar-refractivity contribution in [1.29, 1.82) is 0 Å². The number of halogens is 2. The van der Waals surface area contributed by atoms with Crippen LogP contribution in [0, 0.1) is 0 Å². The summed E-state index contributed by atoms with van der Waals surface area (Å²) in [6.45, 7) is 0.794. The van der Waals surface area contributed by atoms with Crippen LogP contribution in [0.1, 0.15) is 11.1 Å². The first-order valence-electron chi connectivity index (χ1n) is 5.00. The molecule has 0 saturated carbocycles. The van der Waals surface area contributed by atoms with Crippen LogP contribution in [0.15, 0.2) is 27.6 Å². The van der Waals surface area contributed by atoms with Crippen LogP contribution in [0.4, 0.5) is 5.95 Å². The minimum atomic E-state index is 0.446. The van der Waals surface area contributed by atoms with Crippen LogP contribution in [0.3, 0.4) is 0 Å². The fraction of sp³-hybridized carbons (Fsp3) is 0.273. The lowest BCUT2D eigenvalue weighted by molar-refractivity contribution is 0.865. The van der Waals surface area contributed by atoms with Gasteiger partial charge in [0.05, 0.1) is 9.67 Å². The Balaban J connectivity index is 2.06. The van der Waals surface area contributed by atoms with Crippen LogP contribution in [-0.2, 0) is 12.4 Å². The van der Waals surface area contributed by atoms with E-state index in [0.29, 0.717) is 11.8 Å². The zero-order valence-corrected chi connectivity index (χ0v) is 12.4. The Labute approximate surface area is 118 Å². The lowest BCUT2D eigenvalue weighted by atomic mass is 10.3. The van der Waals surface area contributed by atoms with Crippen molar-refractivity contribution < 1.29 is 0 Å². The molecule has 90 valence electrons. The Morgan fingerprint density at radius 1 is 1.35 bits per heavy atom.